The van der Waals surface area contributed by atoms with Crippen LogP contribution < -0.4 is 10.6 Å². The van der Waals surface area contributed by atoms with E-state index in [9.17, 15) is 0 Å². The van der Waals surface area contributed by atoms with E-state index in [1.54, 1.807) is 0 Å². The highest BCUT2D eigenvalue weighted by molar-refractivity contribution is 5.33. The third kappa shape index (κ3) is 2.18. The fraction of sp³-hybridized carbons (Fsp3) is 0.769. The molecule has 1 aliphatic heterocycles. The molecule has 3 rings (SSSR count). The van der Waals surface area contributed by atoms with Crippen molar-refractivity contribution >= 4 is 5.95 Å². The van der Waals surface area contributed by atoms with Crippen LogP contribution in [-0.2, 0) is 0 Å². The Morgan fingerprint density at radius 3 is 2.59 bits per heavy atom. The summed E-state index contributed by atoms with van der Waals surface area (Å²) in [7, 11) is 0. The highest BCUT2D eigenvalue weighted by Crippen LogP contribution is 2.38. The number of hydrogen-bond acceptors (Lipinski definition) is 3. The topological polar surface area (TPSA) is 47.1 Å². The monoisotopic (exact) mass is 234 g/mol. The van der Waals surface area contributed by atoms with Gasteiger partial charge in [0.15, 0.2) is 0 Å². The van der Waals surface area contributed by atoms with Crippen LogP contribution in [0.15, 0.2) is 12.4 Å². The summed E-state index contributed by atoms with van der Waals surface area (Å²) in [5.41, 5.74) is 5.98. The summed E-state index contributed by atoms with van der Waals surface area (Å²) in [6.45, 7) is 4.34. The minimum atomic E-state index is 0.334. The molecule has 1 saturated heterocycles. The molecule has 0 radical (unpaired) electrons. The van der Waals surface area contributed by atoms with Crippen LogP contribution in [0.2, 0.25) is 0 Å². The van der Waals surface area contributed by atoms with Gasteiger partial charge in [0, 0.05) is 37.6 Å². The largest absolute Gasteiger partial charge is 0.342 e. The number of piperidine rings is 1. The molecule has 2 aliphatic rings. The smallest absolute Gasteiger partial charge is 0.205 e. The lowest BCUT2D eigenvalue weighted by Gasteiger charge is -2.34. The van der Waals surface area contributed by atoms with E-state index < -0.39 is 0 Å². The Hall–Kier alpha value is -1.03. The zero-order valence-electron chi connectivity index (χ0n) is 10.5. The maximum Gasteiger partial charge on any atom is 0.205 e. The molecule has 0 aromatic carbocycles. The molecule has 4 heteroatoms. The van der Waals surface area contributed by atoms with Gasteiger partial charge in [-0.15, -0.1) is 0 Å². The van der Waals surface area contributed by atoms with E-state index in [1.807, 2.05) is 6.20 Å². The molecule has 1 unspecified atom stereocenters. The van der Waals surface area contributed by atoms with Crippen molar-refractivity contribution in [3.8, 4) is 0 Å². The van der Waals surface area contributed by atoms with Crippen molar-refractivity contribution in [1.82, 2.24) is 9.55 Å². The summed E-state index contributed by atoms with van der Waals surface area (Å²) in [6, 6.07) is 1.05. The minimum absolute atomic E-state index is 0.334. The maximum atomic E-state index is 5.98. The number of nitrogens with two attached hydrogens (primary N) is 1. The van der Waals surface area contributed by atoms with Crippen LogP contribution in [0.1, 0.15) is 38.6 Å². The van der Waals surface area contributed by atoms with Crippen LogP contribution in [0.4, 0.5) is 5.95 Å². The molecule has 0 bridgehead atoms. The molecule has 2 fully saturated rings. The average Bonchev–Trinajstić information content (AvgIpc) is 3.07. The molecule has 0 amide bonds. The first kappa shape index (κ1) is 11.1. The Labute approximate surface area is 103 Å². The molecule has 1 aliphatic carbocycles. The Kier molecular flexibility index (Phi) is 2.82. The number of imidazole rings is 1. The van der Waals surface area contributed by atoms with Gasteiger partial charge in [0.1, 0.15) is 0 Å². The zero-order chi connectivity index (χ0) is 11.8. The lowest BCUT2D eigenvalue weighted by atomic mass is 9.91. The highest BCUT2D eigenvalue weighted by Gasteiger charge is 2.29. The van der Waals surface area contributed by atoms with E-state index in [2.05, 4.69) is 27.6 Å². The van der Waals surface area contributed by atoms with Crippen molar-refractivity contribution < 1.29 is 0 Å². The van der Waals surface area contributed by atoms with Crippen LogP contribution in [0.3, 0.4) is 0 Å². The maximum absolute atomic E-state index is 5.98. The van der Waals surface area contributed by atoms with Crippen LogP contribution in [0, 0.1) is 5.92 Å². The lowest BCUT2D eigenvalue weighted by molar-refractivity contribution is 0.351. The first-order chi connectivity index (χ1) is 8.25. The van der Waals surface area contributed by atoms with Crippen molar-refractivity contribution in [3.63, 3.8) is 0 Å². The number of nitrogens with zero attached hydrogens (tertiary/aromatic N) is 3. The predicted molar refractivity (Wildman–Crippen MR) is 69.1 cm³/mol. The molecule has 1 aromatic rings. The number of aromatic nitrogens is 2. The van der Waals surface area contributed by atoms with Gasteiger partial charge in [-0.2, -0.15) is 0 Å². The molecular weight excluding hydrogens is 212 g/mol. The second kappa shape index (κ2) is 4.33. The van der Waals surface area contributed by atoms with Gasteiger partial charge in [-0.1, -0.05) is 0 Å². The zero-order valence-corrected chi connectivity index (χ0v) is 10.5. The van der Waals surface area contributed by atoms with Crippen LogP contribution in [-0.4, -0.2) is 28.7 Å². The Morgan fingerprint density at radius 1 is 1.29 bits per heavy atom. The SMILES string of the molecule is CC(N)C1CCN(c2nccn2C2CC2)CC1. The van der Waals surface area contributed by atoms with Crippen molar-refractivity contribution in [2.24, 2.45) is 11.7 Å². The molecule has 4 nitrogen and oxygen atoms in total. The molecular formula is C13H22N4. The van der Waals surface area contributed by atoms with Crippen LogP contribution in [0.5, 0.6) is 0 Å². The molecule has 2 heterocycles. The average molecular weight is 234 g/mol. The van der Waals surface area contributed by atoms with Gasteiger partial charge in [-0.25, -0.2) is 4.98 Å². The van der Waals surface area contributed by atoms with Crippen molar-refractivity contribution in [3.05, 3.63) is 12.4 Å². The van der Waals surface area contributed by atoms with Crippen molar-refractivity contribution in [1.29, 1.82) is 0 Å². The third-order valence-corrected chi connectivity index (χ3v) is 4.15. The molecule has 1 saturated carbocycles. The summed E-state index contributed by atoms with van der Waals surface area (Å²) in [5, 5.41) is 0. The van der Waals surface area contributed by atoms with Gasteiger partial charge >= 0.3 is 0 Å². The quantitative estimate of drug-likeness (QED) is 0.867. The van der Waals surface area contributed by atoms with Gasteiger partial charge in [0.05, 0.1) is 0 Å². The minimum Gasteiger partial charge on any atom is -0.342 e. The normalized spacial score (nSPS) is 24.0. The summed E-state index contributed by atoms with van der Waals surface area (Å²) in [5.74, 6) is 1.87. The second-order valence-corrected chi connectivity index (χ2v) is 5.55. The Bertz CT molecular complexity index is 373. The van der Waals surface area contributed by atoms with Crippen molar-refractivity contribution in [2.75, 3.05) is 18.0 Å². The molecule has 1 aromatic heterocycles. The van der Waals surface area contributed by atoms with Gasteiger partial charge in [0.2, 0.25) is 5.95 Å². The second-order valence-electron chi connectivity index (χ2n) is 5.55. The highest BCUT2D eigenvalue weighted by atomic mass is 15.3. The standard InChI is InChI=1S/C13H22N4/c1-10(14)11-4-7-16(8-5-11)13-15-6-9-17(13)12-2-3-12/h6,9-12H,2-5,7-8,14H2,1H3. The molecule has 2 N–H and O–H groups in total. The van der Waals surface area contributed by atoms with Gasteiger partial charge < -0.3 is 15.2 Å². The van der Waals surface area contributed by atoms with E-state index in [0.29, 0.717) is 12.0 Å². The Morgan fingerprint density at radius 2 is 2.00 bits per heavy atom. The van der Waals surface area contributed by atoms with Gasteiger partial charge in [0.25, 0.3) is 0 Å². The summed E-state index contributed by atoms with van der Waals surface area (Å²) < 4.78 is 2.35. The number of hydrogen-bond donors (Lipinski definition) is 1. The van der Waals surface area contributed by atoms with E-state index in [0.717, 1.165) is 19.1 Å². The van der Waals surface area contributed by atoms with Crippen LogP contribution in [0.25, 0.3) is 0 Å². The van der Waals surface area contributed by atoms with Crippen molar-refractivity contribution in [2.45, 2.75) is 44.7 Å². The molecule has 0 spiro atoms. The van der Waals surface area contributed by atoms with Gasteiger partial charge in [-0.3, -0.25) is 0 Å². The summed E-state index contributed by atoms with van der Waals surface area (Å²) >= 11 is 0. The molecule has 94 valence electrons. The summed E-state index contributed by atoms with van der Waals surface area (Å²) in [6.07, 6.45) is 9.11. The Balaban J connectivity index is 1.67. The molecule has 1 atom stereocenters. The van der Waals surface area contributed by atoms with E-state index in [4.69, 9.17) is 5.73 Å². The van der Waals surface area contributed by atoms with Gasteiger partial charge in [-0.05, 0) is 38.5 Å². The summed E-state index contributed by atoms with van der Waals surface area (Å²) in [4.78, 5) is 6.96. The first-order valence-electron chi connectivity index (χ1n) is 6.79. The number of rotatable bonds is 3. The van der Waals surface area contributed by atoms with Crippen LogP contribution >= 0.6 is 0 Å². The lowest BCUT2D eigenvalue weighted by Crippen LogP contribution is -2.40. The molecule has 17 heavy (non-hydrogen) atoms. The predicted octanol–water partition coefficient (Wildman–Crippen LogP) is 1.78. The fourth-order valence-corrected chi connectivity index (χ4v) is 2.81. The van der Waals surface area contributed by atoms with E-state index >= 15 is 0 Å². The van der Waals surface area contributed by atoms with E-state index in [-0.39, 0.29) is 0 Å². The third-order valence-electron chi connectivity index (χ3n) is 4.15. The first-order valence-corrected chi connectivity index (χ1v) is 6.79. The number of anilines is 1. The van der Waals surface area contributed by atoms with E-state index in [1.165, 1.54) is 31.6 Å². The fourth-order valence-electron chi connectivity index (χ4n) is 2.81.